The van der Waals surface area contributed by atoms with E-state index in [0.717, 1.165) is 0 Å². The lowest BCUT2D eigenvalue weighted by molar-refractivity contribution is -0.111. The third-order valence-corrected chi connectivity index (χ3v) is 0.606. The molecule has 0 aliphatic heterocycles. The van der Waals surface area contributed by atoms with Crippen LogP contribution in [0.4, 0.5) is 0 Å². The van der Waals surface area contributed by atoms with Gasteiger partial charge >= 0.3 is 0 Å². The van der Waals surface area contributed by atoms with Crippen molar-refractivity contribution in [2.24, 2.45) is 0 Å². The first-order chi connectivity index (χ1) is 4.91. The van der Waals surface area contributed by atoms with E-state index < -0.39 is 0 Å². The number of nitrogens with zero attached hydrogens (tertiary/aromatic N) is 1. The van der Waals surface area contributed by atoms with Crippen LogP contribution in [0.15, 0.2) is 24.8 Å². The Morgan fingerprint density at radius 3 is 1.58 bits per heavy atom. The van der Waals surface area contributed by atoms with Gasteiger partial charge < -0.3 is 4.90 Å². The van der Waals surface area contributed by atoms with Crippen molar-refractivity contribution in [2.75, 3.05) is 21.1 Å². The second kappa shape index (κ2) is 10.4. The first-order valence-corrected chi connectivity index (χ1v) is 3.35. The SMILES string of the molecule is C=CC(=O)C(=C)C.CN(C)C.Cl. The molecule has 0 radical (unpaired) electrons. The minimum atomic E-state index is -0.0833. The van der Waals surface area contributed by atoms with Crippen molar-refractivity contribution in [1.29, 1.82) is 0 Å². The largest absolute Gasteiger partial charge is 0.312 e. The summed E-state index contributed by atoms with van der Waals surface area (Å²) in [5.41, 5.74) is 0.537. The molecule has 0 heterocycles. The summed E-state index contributed by atoms with van der Waals surface area (Å²) in [6, 6.07) is 0. The molecule has 0 aromatic carbocycles. The van der Waals surface area contributed by atoms with Gasteiger partial charge in [0, 0.05) is 0 Å². The van der Waals surface area contributed by atoms with E-state index in [4.69, 9.17) is 0 Å². The van der Waals surface area contributed by atoms with Gasteiger partial charge in [-0.1, -0.05) is 13.2 Å². The molecular weight excluding hydrogens is 174 g/mol. The van der Waals surface area contributed by atoms with Crippen LogP contribution >= 0.6 is 12.4 Å². The summed E-state index contributed by atoms with van der Waals surface area (Å²) in [7, 11) is 6.00. The van der Waals surface area contributed by atoms with Gasteiger partial charge in [-0.3, -0.25) is 4.79 Å². The van der Waals surface area contributed by atoms with Crippen molar-refractivity contribution >= 4 is 18.2 Å². The van der Waals surface area contributed by atoms with E-state index in [-0.39, 0.29) is 18.2 Å². The topological polar surface area (TPSA) is 20.3 Å². The third-order valence-electron chi connectivity index (χ3n) is 0.606. The van der Waals surface area contributed by atoms with Crippen LogP contribution in [0.3, 0.4) is 0 Å². The van der Waals surface area contributed by atoms with E-state index in [1.807, 2.05) is 26.0 Å². The summed E-state index contributed by atoms with van der Waals surface area (Å²) in [5.74, 6) is -0.0833. The van der Waals surface area contributed by atoms with E-state index in [1.54, 1.807) is 6.92 Å². The molecule has 3 heteroatoms. The first kappa shape index (κ1) is 17.5. The summed E-state index contributed by atoms with van der Waals surface area (Å²) in [6.07, 6.45) is 1.25. The number of halogens is 1. The molecule has 0 saturated carbocycles. The Balaban J connectivity index is -0.000000142. The Morgan fingerprint density at radius 2 is 1.58 bits per heavy atom. The zero-order valence-corrected chi connectivity index (χ0v) is 9.07. The van der Waals surface area contributed by atoms with Gasteiger partial charge in [-0.25, -0.2) is 0 Å². The number of allylic oxidation sites excluding steroid dienone is 2. The van der Waals surface area contributed by atoms with Crippen molar-refractivity contribution in [3.05, 3.63) is 24.8 Å². The fourth-order valence-electron chi connectivity index (χ4n) is 0.174. The highest BCUT2D eigenvalue weighted by molar-refractivity contribution is 6.02. The highest BCUT2D eigenvalue weighted by atomic mass is 35.5. The van der Waals surface area contributed by atoms with Gasteiger partial charge in [-0.15, -0.1) is 12.4 Å². The van der Waals surface area contributed by atoms with E-state index in [2.05, 4.69) is 13.2 Å². The zero-order chi connectivity index (χ0) is 9.44. The number of carbonyl (C=O) groups excluding carboxylic acids is 1. The van der Waals surface area contributed by atoms with E-state index in [0.29, 0.717) is 5.57 Å². The molecule has 0 aliphatic rings. The van der Waals surface area contributed by atoms with Crippen LogP contribution in [0.25, 0.3) is 0 Å². The predicted octanol–water partition coefficient (Wildman–Crippen LogP) is 1.92. The van der Waals surface area contributed by atoms with E-state index >= 15 is 0 Å². The first-order valence-electron chi connectivity index (χ1n) is 3.35. The van der Waals surface area contributed by atoms with E-state index in [1.165, 1.54) is 6.08 Å². The summed E-state index contributed by atoms with van der Waals surface area (Å²) in [6.45, 7) is 8.33. The maximum absolute atomic E-state index is 10.3. The van der Waals surface area contributed by atoms with Crippen LogP contribution in [0.5, 0.6) is 0 Å². The molecule has 0 atom stereocenters. The average molecular weight is 192 g/mol. The average Bonchev–Trinajstić information content (AvgIpc) is 1.85. The fraction of sp³-hybridized carbons (Fsp3) is 0.444. The molecule has 0 rings (SSSR count). The maximum atomic E-state index is 10.3. The van der Waals surface area contributed by atoms with Crippen molar-refractivity contribution in [3.8, 4) is 0 Å². The monoisotopic (exact) mass is 191 g/mol. The maximum Gasteiger partial charge on any atom is 0.180 e. The summed E-state index contributed by atoms with van der Waals surface area (Å²) in [4.78, 5) is 12.3. The molecule has 0 aliphatic carbocycles. The normalized spacial score (nSPS) is 7.42. The van der Waals surface area contributed by atoms with Gasteiger partial charge in [0.1, 0.15) is 0 Å². The Morgan fingerprint density at radius 1 is 1.33 bits per heavy atom. The second-order valence-corrected chi connectivity index (χ2v) is 2.69. The van der Waals surface area contributed by atoms with Gasteiger partial charge in [-0.05, 0) is 39.7 Å². The number of carbonyl (C=O) groups is 1. The van der Waals surface area contributed by atoms with Crippen LogP contribution in [0, 0.1) is 0 Å². The molecule has 72 valence electrons. The summed E-state index contributed by atoms with van der Waals surface area (Å²) in [5, 5.41) is 0. The number of ketones is 1. The Hall–Kier alpha value is -0.600. The molecule has 12 heavy (non-hydrogen) atoms. The van der Waals surface area contributed by atoms with Gasteiger partial charge in [0.15, 0.2) is 5.78 Å². The number of hydrogen-bond acceptors (Lipinski definition) is 2. The lowest BCUT2D eigenvalue weighted by atomic mass is 10.2. The second-order valence-electron chi connectivity index (χ2n) is 2.69. The zero-order valence-electron chi connectivity index (χ0n) is 8.26. The highest BCUT2D eigenvalue weighted by Crippen LogP contribution is 1.87. The van der Waals surface area contributed by atoms with Crippen molar-refractivity contribution in [2.45, 2.75) is 6.92 Å². The Kier molecular flexibility index (Phi) is 15.1. The van der Waals surface area contributed by atoms with Crippen LogP contribution in [0.2, 0.25) is 0 Å². The molecule has 0 fully saturated rings. The highest BCUT2D eigenvalue weighted by Gasteiger charge is 1.90. The number of hydrogen-bond donors (Lipinski definition) is 0. The fourth-order valence-corrected chi connectivity index (χ4v) is 0.174. The van der Waals surface area contributed by atoms with E-state index in [9.17, 15) is 4.79 Å². The Labute approximate surface area is 81.4 Å². The lowest BCUT2D eigenvalue weighted by Crippen LogP contribution is -1.99. The lowest BCUT2D eigenvalue weighted by Gasteiger charge is -1.90. The molecule has 0 aromatic rings. The van der Waals surface area contributed by atoms with Crippen LogP contribution in [-0.2, 0) is 4.79 Å². The van der Waals surface area contributed by atoms with Gasteiger partial charge in [0.25, 0.3) is 0 Å². The summed E-state index contributed by atoms with van der Waals surface area (Å²) < 4.78 is 0. The van der Waals surface area contributed by atoms with Crippen LogP contribution in [0.1, 0.15) is 6.92 Å². The van der Waals surface area contributed by atoms with Gasteiger partial charge in [-0.2, -0.15) is 0 Å². The van der Waals surface area contributed by atoms with Gasteiger partial charge in [0.05, 0.1) is 0 Å². The third kappa shape index (κ3) is 22.7. The molecule has 0 saturated heterocycles. The smallest absolute Gasteiger partial charge is 0.180 e. The molecular formula is C9H18ClNO. The summed E-state index contributed by atoms with van der Waals surface area (Å²) >= 11 is 0. The minimum Gasteiger partial charge on any atom is -0.312 e. The van der Waals surface area contributed by atoms with Crippen molar-refractivity contribution in [1.82, 2.24) is 4.90 Å². The molecule has 0 unspecified atom stereocenters. The molecule has 0 bridgehead atoms. The van der Waals surface area contributed by atoms with Crippen LogP contribution < -0.4 is 0 Å². The van der Waals surface area contributed by atoms with Gasteiger partial charge in [0.2, 0.25) is 0 Å². The molecule has 2 nitrogen and oxygen atoms in total. The molecule has 0 N–H and O–H groups in total. The van der Waals surface area contributed by atoms with Crippen molar-refractivity contribution in [3.63, 3.8) is 0 Å². The minimum absolute atomic E-state index is 0. The standard InChI is InChI=1S/C6H8O.C3H9N.ClH/c1-4-6(7)5(2)3;1-4(2)3;/h4H,1-2H2,3H3;1-3H3;1H. The molecule has 0 amide bonds. The van der Waals surface area contributed by atoms with Crippen LogP contribution in [-0.4, -0.2) is 31.8 Å². The molecule has 0 spiro atoms. The number of rotatable bonds is 2. The quantitative estimate of drug-likeness (QED) is 0.622. The molecule has 0 aromatic heterocycles. The predicted molar refractivity (Wildman–Crippen MR) is 56.9 cm³/mol. The Bertz CT molecular complexity index is 150. The van der Waals surface area contributed by atoms with Crippen molar-refractivity contribution < 1.29 is 4.79 Å².